The Morgan fingerprint density at radius 1 is 1.16 bits per heavy atom. The molecule has 3 aromatic rings. The summed E-state index contributed by atoms with van der Waals surface area (Å²) < 4.78 is 6.19. The van der Waals surface area contributed by atoms with Gasteiger partial charge in [-0.15, -0.1) is 0 Å². The molecule has 5 heteroatoms. The molecule has 25 heavy (non-hydrogen) atoms. The van der Waals surface area contributed by atoms with Gasteiger partial charge in [0.1, 0.15) is 17.0 Å². The number of anilines is 1. The van der Waals surface area contributed by atoms with Gasteiger partial charge in [-0.25, -0.2) is 0 Å². The summed E-state index contributed by atoms with van der Waals surface area (Å²) in [5.74, 6) is 0.713. The first-order valence-electron chi connectivity index (χ1n) is 8.09. The maximum absolute atomic E-state index is 12.8. The Hall–Kier alpha value is -2.40. The summed E-state index contributed by atoms with van der Waals surface area (Å²) >= 11 is 3.44. The van der Waals surface area contributed by atoms with Crippen LogP contribution < -0.4 is 5.32 Å². The van der Waals surface area contributed by atoms with Crippen LogP contribution >= 0.6 is 15.9 Å². The standard InChI is InChI=1S/C20H19BrN2O2/c1-12(2)14-7-9-17(10-8-14)22-20(24)18-13(3)25-23-19(18)15-5-4-6-16(21)11-15/h4-12H,1-3H3,(H,22,24). The minimum atomic E-state index is -0.231. The predicted molar refractivity (Wildman–Crippen MR) is 103 cm³/mol. The average molecular weight is 399 g/mol. The van der Waals surface area contributed by atoms with Crippen molar-refractivity contribution in [2.75, 3.05) is 5.32 Å². The quantitative estimate of drug-likeness (QED) is 0.604. The summed E-state index contributed by atoms with van der Waals surface area (Å²) in [5.41, 5.74) is 3.79. The second kappa shape index (κ2) is 7.23. The van der Waals surface area contributed by atoms with E-state index in [-0.39, 0.29) is 5.91 Å². The first kappa shape index (κ1) is 17.4. The number of aryl methyl sites for hydroxylation is 1. The fourth-order valence-electron chi connectivity index (χ4n) is 2.62. The van der Waals surface area contributed by atoms with Crippen LogP contribution in [0.25, 0.3) is 11.3 Å². The van der Waals surface area contributed by atoms with Gasteiger partial charge in [-0.3, -0.25) is 4.79 Å². The number of carbonyl (C=O) groups is 1. The fourth-order valence-corrected chi connectivity index (χ4v) is 3.02. The van der Waals surface area contributed by atoms with Crippen LogP contribution in [-0.2, 0) is 0 Å². The minimum absolute atomic E-state index is 0.231. The molecule has 0 aliphatic rings. The van der Waals surface area contributed by atoms with Crippen LogP contribution in [0, 0.1) is 6.92 Å². The highest BCUT2D eigenvalue weighted by Crippen LogP contribution is 2.28. The lowest BCUT2D eigenvalue weighted by Crippen LogP contribution is -2.13. The zero-order chi connectivity index (χ0) is 18.0. The molecule has 0 aliphatic carbocycles. The van der Waals surface area contributed by atoms with Gasteiger partial charge >= 0.3 is 0 Å². The monoisotopic (exact) mass is 398 g/mol. The molecule has 1 N–H and O–H groups in total. The Kier molecular flexibility index (Phi) is 5.04. The third-order valence-corrected chi connectivity index (χ3v) is 4.52. The van der Waals surface area contributed by atoms with Gasteiger partial charge in [0.05, 0.1) is 0 Å². The van der Waals surface area contributed by atoms with Crippen LogP contribution in [0.4, 0.5) is 5.69 Å². The van der Waals surface area contributed by atoms with E-state index in [1.165, 1.54) is 5.56 Å². The highest BCUT2D eigenvalue weighted by molar-refractivity contribution is 9.10. The summed E-state index contributed by atoms with van der Waals surface area (Å²) in [5, 5.41) is 7.00. The molecule has 1 aromatic heterocycles. The normalized spacial score (nSPS) is 10.9. The van der Waals surface area contributed by atoms with Crippen molar-refractivity contribution in [3.05, 3.63) is 69.9 Å². The highest BCUT2D eigenvalue weighted by atomic mass is 79.9. The third kappa shape index (κ3) is 3.82. The molecule has 1 heterocycles. The van der Waals surface area contributed by atoms with E-state index < -0.39 is 0 Å². The van der Waals surface area contributed by atoms with Gasteiger partial charge < -0.3 is 9.84 Å². The molecule has 0 unspecified atom stereocenters. The van der Waals surface area contributed by atoms with Crippen molar-refractivity contribution in [2.24, 2.45) is 0 Å². The van der Waals surface area contributed by atoms with Crippen LogP contribution in [0.15, 0.2) is 57.5 Å². The largest absolute Gasteiger partial charge is 0.360 e. The molecule has 0 fully saturated rings. The van der Waals surface area contributed by atoms with Crippen molar-refractivity contribution in [3.8, 4) is 11.3 Å². The molecule has 0 atom stereocenters. The molecule has 0 radical (unpaired) electrons. The number of amides is 1. The van der Waals surface area contributed by atoms with Crippen molar-refractivity contribution in [1.29, 1.82) is 0 Å². The van der Waals surface area contributed by atoms with E-state index in [1.807, 2.05) is 48.5 Å². The lowest BCUT2D eigenvalue weighted by molar-refractivity contribution is 0.102. The number of nitrogens with one attached hydrogen (secondary N) is 1. The van der Waals surface area contributed by atoms with Crippen LogP contribution in [-0.4, -0.2) is 11.1 Å². The van der Waals surface area contributed by atoms with Crippen LogP contribution in [0.3, 0.4) is 0 Å². The van der Waals surface area contributed by atoms with Gasteiger partial charge in [0.25, 0.3) is 5.91 Å². The van der Waals surface area contributed by atoms with E-state index in [4.69, 9.17) is 4.52 Å². The summed E-state index contributed by atoms with van der Waals surface area (Å²) in [6.07, 6.45) is 0. The summed E-state index contributed by atoms with van der Waals surface area (Å²) in [6.45, 7) is 6.02. The van der Waals surface area contributed by atoms with Crippen molar-refractivity contribution >= 4 is 27.5 Å². The lowest BCUT2D eigenvalue weighted by Gasteiger charge is -2.09. The van der Waals surface area contributed by atoms with Gasteiger partial charge in [-0.2, -0.15) is 0 Å². The van der Waals surface area contributed by atoms with E-state index in [1.54, 1.807) is 6.92 Å². The molecular weight excluding hydrogens is 380 g/mol. The van der Waals surface area contributed by atoms with E-state index in [2.05, 4.69) is 40.3 Å². The number of nitrogens with zero attached hydrogens (tertiary/aromatic N) is 1. The Morgan fingerprint density at radius 2 is 1.88 bits per heavy atom. The van der Waals surface area contributed by atoms with Gasteiger partial charge in [0.2, 0.25) is 0 Å². The number of halogens is 1. The first-order valence-corrected chi connectivity index (χ1v) is 8.88. The van der Waals surface area contributed by atoms with E-state index in [0.29, 0.717) is 22.9 Å². The number of hydrogen-bond acceptors (Lipinski definition) is 3. The van der Waals surface area contributed by atoms with Crippen LogP contribution in [0.1, 0.15) is 41.4 Å². The van der Waals surface area contributed by atoms with Crippen LogP contribution in [0.5, 0.6) is 0 Å². The Balaban J connectivity index is 1.89. The topological polar surface area (TPSA) is 55.1 Å². The third-order valence-electron chi connectivity index (χ3n) is 4.02. The molecular formula is C20H19BrN2O2. The van der Waals surface area contributed by atoms with E-state index in [9.17, 15) is 4.79 Å². The van der Waals surface area contributed by atoms with Crippen molar-refractivity contribution in [2.45, 2.75) is 26.7 Å². The summed E-state index contributed by atoms with van der Waals surface area (Å²) in [6, 6.07) is 15.5. The molecule has 128 valence electrons. The number of benzene rings is 2. The van der Waals surface area contributed by atoms with Crippen molar-refractivity contribution < 1.29 is 9.32 Å². The molecule has 0 saturated carbocycles. The Labute approximate surface area is 155 Å². The van der Waals surface area contributed by atoms with Gasteiger partial charge in [-0.1, -0.05) is 59.2 Å². The zero-order valence-corrected chi connectivity index (χ0v) is 15.9. The molecule has 0 aliphatic heterocycles. The fraction of sp³-hybridized carbons (Fsp3) is 0.200. The lowest BCUT2D eigenvalue weighted by atomic mass is 10.0. The molecule has 2 aromatic carbocycles. The minimum Gasteiger partial charge on any atom is -0.360 e. The molecule has 4 nitrogen and oxygen atoms in total. The summed E-state index contributed by atoms with van der Waals surface area (Å²) in [4.78, 5) is 12.8. The number of carbonyl (C=O) groups excluding carboxylic acids is 1. The zero-order valence-electron chi connectivity index (χ0n) is 14.3. The average Bonchev–Trinajstić information content (AvgIpc) is 2.97. The number of rotatable bonds is 4. The SMILES string of the molecule is Cc1onc(-c2cccc(Br)c2)c1C(=O)Nc1ccc(C(C)C)cc1. The maximum atomic E-state index is 12.8. The van der Waals surface area contributed by atoms with Gasteiger partial charge in [0, 0.05) is 15.7 Å². The van der Waals surface area contributed by atoms with Crippen LogP contribution in [0.2, 0.25) is 0 Å². The molecule has 1 amide bonds. The number of aromatic nitrogens is 1. The van der Waals surface area contributed by atoms with Crippen molar-refractivity contribution in [3.63, 3.8) is 0 Å². The first-order chi connectivity index (χ1) is 12.0. The molecule has 0 saturated heterocycles. The Morgan fingerprint density at radius 3 is 2.52 bits per heavy atom. The smallest absolute Gasteiger partial charge is 0.261 e. The highest BCUT2D eigenvalue weighted by Gasteiger charge is 2.22. The molecule has 0 bridgehead atoms. The van der Waals surface area contributed by atoms with Gasteiger partial charge in [0.15, 0.2) is 0 Å². The second-order valence-corrected chi connectivity index (χ2v) is 7.12. The van der Waals surface area contributed by atoms with E-state index in [0.717, 1.165) is 15.7 Å². The second-order valence-electron chi connectivity index (χ2n) is 6.20. The van der Waals surface area contributed by atoms with Crippen molar-refractivity contribution in [1.82, 2.24) is 5.16 Å². The summed E-state index contributed by atoms with van der Waals surface area (Å²) in [7, 11) is 0. The molecule has 3 rings (SSSR count). The van der Waals surface area contributed by atoms with E-state index >= 15 is 0 Å². The maximum Gasteiger partial charge on any atom is 0.261 e. The number of hydrogen-bond donors (Lipinski definition) is 1. The Bertz CT molecular complexity index is 898. The predicted octanol–water partition coefficient (Wildman–Crippen LogP) is 5.79. The molecule has 0 spiro atoms. The van der Waals surface area contributed by atoms with Gasteiger partial charge in [-0.05, 0) is 42.7 Å².